The second-order valence-electron chi connectivity index (χ2n) is 4.48. The summed E-state index contributed by atoms with van der Waals surface area (Å²) in [5, 5.41) is 4.40. The first kappa shape index (κ1) is 17.5. The average Bonchev–Trinajstić information content (AvgIpc) is 2.52. The SMILES string of the molecule is C=C(CS)C(=C)S/C=C\N.Cc1ccc2ccccc2c1. The summed E-state index contributed by atoms with van der Waals surface area (Å²) in [5.74, 6) is 0.643. The van der Waals surface area contributed by atoms with E-state index in [1.54, 1.807) is 5.41 Å². The largest absolute Gasteiger partial charge is 0.404 e. The minimum atomic E-state index is 0.643. The maximum Gasteiger partial charge on any atom is 0.0159 e. The molecule has 0 aliphatic carbocycles. The van der Waals surface area contributed by atoms with Crippen molar-refractivity contribution in [2.45, 2.75) is 6.92 Å². The standard InChI is InChI=1S/C11H10.C7H11NS2/c1-9-6-7-10-4-2-3-5-11(10)8-9;1-6(5-9)7(2)10-4-3-8/h2-8H,1H3;3-4,9H,1-2,5,8H2/b;4-3-. The van der Waals surface area contributed by atoms with Gasteiger partial charge in [-0.25, -0.2) is 0 Å². The number of allylic oxidation sites excluding steroid dienone is 1. The van der Waals surface area contributed by atoms with E-state index in [-0.39, 0.29) is 0 Å². The highest BCUT2D eigenvalue weighted by molar-refractivity contribution is 8.06. The summed E-state index contributed by atoms with van der Waals surface area (Å²) in [5.41, 5.74) is 7.39. The summed E-state index contributed by atoms with van der Waals surface area (Å²) < 4.78 is 0. The zero-order valence-electron chi connectivity index (χ0n) is 12.3. The van der Waals surface area contributed by atoms with E-state index in [4.69, 9.17) is 5.73 Å². The van der Waals surface area contributed by atoms with E-state index >= 15 is 0 Å². The van der Waals surface area contributed by atoms with Gasteiger partial charge in [0.25, 0.3) is 0 Å². The van der Waals surface area contributed by atoms with Gasteiger partial charge in [0.15, 0.2) is 0 Å². The Balaban J connectivity index is 0.000000212. The Morgan fingerprint density at radius 1 is 1.19 bits per heavy atom. The van der Waals surface area contributed by atoms with Crippen molar-refractivity contribution in [3.8, 4) is 0 Å². The van der Waals surface area contributed by atoms with Crippen LogP contribution in [0.3, 0.4) is 0 Å². The molecule has 0 fully saturated rings. The van der Waals surface area contributed by atoms with Crippen LogP contribution in [0.4, 0.5) is 0 Å². The van der Waals surface area contributed by atoms with Gasteiger partial charge >= 0.3 is 0 Å². The quantitative estimate of drug-likeness (QED) is 0.591. The van der Waals surface area contributed by atoms with Gasteiger partial charge in [-0.2, -0.15) is 12.6 Å². The Labute approximate surface area is 137 Å². The third-order valence-corrected chi connectivity index (χ3v) is 4.03. The van der Waals surface area contributed by atoms with E-state index in [9.17, 15) is 0 Å². The van der Waals surface area contributed by atoms with Crippen molar-refractivity contribution in [2.24, 2.45) is 5.73 Å². The van der Waals surface area contributed by atoms with Gasteiger partial charge in [-0.3, -0.25) is 0 Å². The van der Waals surface area contributed by atoms with E-state index in [2.05, 4.69) is 75.2 Å². The van der Waals surface area contributed by atoms with Crippen LogP contribution in [0.25, 0.3) is 10.8 Å². The summed E-state index contributed by atoms with van der Waals surface area (Å²) in [6.07, 6.45) is 1.47. The first-order valence-corrected chi connectivity index (χ1v) is 8.06. The van der Waals surface area contributed by atoms with Crippen molar-refractivity contribution in [1.82, 2.24) is 0 Å². The van der Waals surface area contributed by atoms with Crippen LogP contribution in [0, 0.1) is 6.92 Å². The summed E-state index contributed by atoms with van der Waals surface area (Å²) in [4.78, 5) is 0.914. The molecule has 0 aliphatic rings. The third-order valence-electron chi connectivity index (χ3n) is 2.78. The molecule has 0 aliphatic heterocycles. The Morgan fingerprint density at radius 3 is 2.48 bits per heavy atom. The first-order chi connectivity index (χ1) is 10.1. The highest BCUT2D eigenvalue weighted by atomic mass is 32.2. The Hall–Kier alpha value is -1.58. The van der Waals surface area contributed by atoms with Gasteiger partial charge in [-0.05, 0) is 28.7 Å². The second kappa shape index (κ2) is 9.37. The molecule has 2 aromatic carbocycles. The van der Waals surface area contributed by atoms with Crippen LogP contribution in [0.2, 0.25) is 0 Å². The molecule has 0 atom stereocenters. The molecule has 2 aromatic rings. The van der Waals surface area contributed by atoms with Gasteiger partial charge in [0, 0.05) is 16.9 Å². The van der Waals surface area contributed by atoms with Crippen molar-refractivity contribution in [3.63, 3.8) is 0 Å². The molecule has 110 valence electrons. The lowest BCUT2D eigenvalue weighted by atomic mass is 10.1. The Bertz CT molecular complexity index is 644. The van der Waals surface area contributed by atoms with Crippen molar-refractivity contribution in [1.29, 1.82) is 0 Å². The number of fused-ring (bicyclic) bond motifs is 1. The Kier molecular flexibility index (Phi) is 7.80. The highest BCUT2D eigenvalue weighted by Crippen LogP contribution is 2.21. The maximum absolute atomic E-state index is 5.13. The predicted octanol–water partition coefficient (Wildman–Crippen LogP) is 5.30. The van der Waals surface area contributed by atoms with E-state index < -0.39 is 0 Å². The van der Waals surface area contributed by atoms with Crippen LogP contribution in [0.1, 0.15) is 5.56 Å². The molecule has 1 nitrogen and oxygen atoms in total. The molecule has 0 amide bonds. The number of rotatable bonds is 4. The van der Waals surface area contributed by atoms with Gasteiger partial charge in [0.05, 0.1) is 0 Å². The number of benzene rings is 2. The van der Waals surface area contributed by atoms with Crippen LogP contribution in [0.5, 0.6) is 0 Å². The monoisotopic (exact) mass is 315 g/mol. The molecule has 0 radical (unpaired) electrons. The van der Waals surface area contributed by atoms with E-state index in [0.717, 1.165) is 10.5 Å². The summed E-state index contributed by atoms with van der Waals surface area (Å²) in [6.45, 7) is 9.64. The molecule has 3 heteroatoms. The maximum atomic E-state index is 5.13. The summed E-state index contributed by atoms with van der Waals surface area (Å²) in [7, 11) is 0. The minimum absolute atomic E-state index is 0.643. The van der Waals surface area contributed by atoms with Gasteiger partial charge in [0.1, 0.15) is 0 Å². The number of hydrogen-bond donors (Lipinski definition) is 2. The molecule has 21 heavy (non-hydrogen) atoms. The van der Waals surface area contributed by atoms with Crippen LogP contribution >= 0.6 is 24.4 Å². The minimum Gasteiger partial charge on any atom is -0.404 e. The first-order valence-electron chi connectivity index (χ1n) is 6.55. The van der Waals surface area contributed by atoms with Crippen LogP contribution in [-0.2, 0) is 0 Å². The molecule has 0 heterocycles. The van der Waals surface area contributed by atoms with Crippen LogP contribution in [-0.4, -0.2) is 5.75 Å². The normalized spacial score (nSPS) is 10.2. The fraction of sp³-hybridized carbons (Fsp3) is 0.111. The average molecular weight is 316 g/mol. The smallest absolute Gasteiger partial charge is 0.0159 e. The van der Waals surface area contributed by atoms with Crippen molar-refractivity contribution < 1.29 is 0 Å². The topological polar surface area (TPSA) is 26.0 Å². The zero-order chi connectivity index (χ0) is 15.7. The van der Waals surface area contributed by atoms with Gasteiger partial charge in [0.2, 0.25) is 0 Å². The van der Waals surface area contributed by atoms with E-state index in [1.807, 2.05) is 0 Å². The number of thioether (sulfide) groups is 1. The molecule has 0 bridgehead atoms. The fourth-order valence-corrected chi connectivity index (χ4v) is 2.38. The Morgan fingerprint density at radius 2 is 1.86 bits per heavy atom. The molecule has 0 spiro atoms. The third kappa shape index (κ3) is 6.15. The number of hydrogen-bond acceptors (Lipinski definition) is 3. The van der Waals surface area contributed by atoms with Crippen molar-refractivity contribution >= 4 is 35.2 Å². The van der Waals surface area contributed by atoms with Gasteiger partial charge in [-0.1, -0.05) is 72.9 Å². The van der Waals surface area contributed by atoms with Crippen LogP contribution < -0.4 is 5.73 Å². The molecule has 2 rings (SSSR count). The molecule has 0 saturated carbocycles. The lowest BCUT2D eigenvalue weighted by Crippen LogP contribution is -1.82. The predicted molar refractivity (Wildman–Crippen MR) is 102 cm³/mol. The van der Waals surface area contributed by atoms with Crippen molar-refractivity contribution in [2.75, 3.05) is 5.75 Å². The van der Waals surface area contributed by atoms with Crippen LogP contribution in [0.15, 0.2) is 77.7 Å². The second-order valence-corrected chi connectivity index (χ2v) is 5.80. The zero-order valence-corrected chi connectivity index (χ0v) is 14.0. The lowest BCUT2D eigenvalue weighted by molar-refractivity contribution is 1.51. The van der Waals surface area contributed by atoms with Gasteiger partial charge in [-0.15, -0.1) is 0 Å². The molecular weight excluding hydrogens is 294 g/mol. The number of aryl methyl sites for hydroxylation is 1. The molecule has 2 N–H and O–H groups in total. The highest BCUT2D eigenvalue weighted by Gasteiger charge is 1.94. The lowest BCUT2D eigenvalue weighted by Gasteiger charge is -2.00. The van der Waals surface area contributed by atoms with E-state index in [1.165, 1.54) is 34.3 Å². The molecule has 0 unspecified atom stereocenters. The summed E-state index contributed by atoms with van der Waals surface area (Å²) >= 11 is 5.51. The molecule has 0 aromatic heterocycles. The molecule has 0 saturated heterocycles. The van der Waals surface area contributed by atoms with Gasteiger partial charge < -0.3 is 5.73 Å². The fourth-order valence-electron chi connectivity index (χ4n) is 1.60. The number of nitrogens with two attached hydrogens (primary N) is 1. The van der Waals surface area contributed by atoms with Crippen molar-refractivity contribution in [3.05, 3.63) is 83.3 Å². The number of thiol groups is 1. The molecular formula is C18H21NS2. The van der Waals surface area contributed by atoms with E-state index in [0.29, 0.717) is 5.75 Å². The summed E-state index contributed by atoms with van der Waals surface area (Å²) in [6, 6.07) is 14.9.